The standard InChI is InChI=1S/C14H20BrNO2/c1-13(2,3)18-12(17)16-14(4,5)10-8-6-7-9-11(10)15/h6-9H,1-5H3,(H,16,17). The van der Waals surface area contributed by atoms with Gasteiger partial charge in [-0.25, -0.2) is 4.79 Å². The van der Waals surface area contributed by atoms with Crippen molar-refractivity contribution in [2.45, 2.75) is 45.8 Å². The second-order valence-electron chi connectivity index (χ2n) is 5.73. The van der Waals surface area contributed by atoms with Gasteiger partial charge in [-0.1, -0.05) is 34.1 Å². The van der Waals surface area contributed by atoms with Gasteiger partial charge in [0.1, 0.15) is 5.60 Å². The third kappa shape index (κ3) is 4.33. The van der Waals surface area contributed by atoms with Crippen LogP contribution in [-0.4, -0.2) is 11.7 Å². The maximum absolute atomic E-state index is 11.8. The first kappa shape index (κ1) is 15.0. The van der Waals surface area contributed by atoms with Crippen LogP contribution in [0.15, 0.2) is 28.7 Å². The summed E-state index contributed by atoms with van der Waals surface area (Å²) in [5.41, 5.74) is 0.0205. The zero-order valence-electron chi connectivity index (χ0n) is 11.5. The van der Waals surface area contributed by atoms with Crippen LogP contribution in [0.5, 0.6) is 0 Å². The van der Waals surface area contributed by atoms with Crippen LogP contribution in [0, 0.1) is 0 Å². The molecule has 18 heavy (non-hydrogen) atoms. The molecule has 1 amide bonds. The van der Waals surface area contributed by atoms with Crippen molar-refractivity contribution in [2.75, 3.05) is 0 Å². The van der Waals surface area contributed by atoms with Crippen LogP contribution < -0.4 is 5.32 Å². The summed E-state index contributed by atoms with van der Waals surface area (Å²) in [5, 5.41) is 2.88. The monoisotopic (exact) mass is 313 g/mol. The molecular weight excluding hydrogens is 294 g/mol. The first-order valence-electron chi connectivity index (χ1n) is 5.88. The lowest BCUT2D eigenvalue weighted by Crippen LogP contribution is -2.43. The van der Waals surface area contributed by atoms with Gasteiger partial charge in [-0.15, -0.1) is 0 Å². The van der Waals surface area contributed by atoms with Gasteiger partial charge in [0.25, 0.3) is 0 Å². The van der Waals surface area contributed by atoms with Crippen molar-refractivity contribution in [3.05, 3.63) is 34.3 Å². The molecule has 0 aliphatic rings. The van der Waals surface area contributed by atoms with Crippen molar-refractivity contribution in [1.82, 2.24) is 5.32 Å². The molecule has 1 aromatic carbocycles. The number of carbonyl (C=O) groups excluding carboxylic acids is 1. The lowest BCUT2D eigenvalue weighted by atomic mass is 9.95. The summed E-state index contributed by atoms with van der Waals surface area (Å²) in [4.78, 5) is 11.8. The van der Waals surface area contributed by atoms with Gasteiger partial charge in [0.2, 0.25) is 0 Å². The first-order valence-corrected chi connectivity index (χ1v) is 6.67. The van der Waals surface area contributed by atoms with Gasteiger partial charge in [-0.2, -0.15) is 0 Å². The predicted octanol–water partition coefficient (Wildman–Crippen LogP) is 4.21. The molecule has 1 rings (SSSR count). The summed E-state index contributed by atoms with van der Waals surface area (Å²) in [6, 6.07) is 7.81. The van der Waals surface area contributed by atoms with Crippen LogP contribution in [0.1, 0.15) is 40.2 Å². The van der Waals surface area contributed by atoms with E-state index < -0.39 is 17.2 Å². The second kappa shape index (κ2) is 5.31. The Kier molecular flexibility index (Phi) is 4.43. The van der Waals surface area contributed by atoms with Crippen molar-refractivity contribution in [1.29, 1.82) is 0 Å². The van der Waals surface area contributed by atoms with Gasteiger partial charge in [0, 0.05) is 4.47 Å². The maximum atomic E-state index is 11.8. The average molecular weight is 314 g/mol. The molecule has 0 fully saturated rings. The van der Waals surface area contributed by atoms with Crippen LogP contribution in [0.25, 0.3) is 0 Å². The number of hydrogen-bond donors (Lipinski definition) is 1. The number of nitrogens with one attached hydrogen (secondary N) is 1. The number of hydrogen-bond acceptors (Lipinski definition) is 2. The normalized spacial score (nSPS) is 12.1. The smallest absolute Gasteiger partial charge is 0.408 e. The van der Waals surface area contributed by atoms with Gasteiger partial charge in [0.15, 0.2) is 0 Å². The number of ether oxygens (including phenoxy) is 1. The van der Waals surface area contributed by atoms with E-state index in [9.17, 15) is 4.79 Å². The van der Waals surface area contributed by atoms with Crippen molar-refractivity contribution in [3.8, 4) is 0 Å². The molecule has 1 N–H and O–H groups in total. The van der Waals surface area contributed by atoms with Gasteiger partial charge in [-0.05, 0) is 46.2 Å². The van der Waals surface area contributed by atoms with Crippen molar-refractivity contribution in [3.63, 3.8) is 0 Å². The van der Waals surface area contributed by atoms with Crippen LogP contribution in [0.2, 0.25) is 0 Å². The summed E-state index contributed by atoms with van der Waals surface area (Å²) in [6.07, 6.45) is -0.414. The molecule has 0 saturated heterocycles. The Labute approximate surface area is 117 Å². The molecule has 0 unspecified atom stereocenters. The predicted molar refractivity (Wildman–Crippen MR) is 76.5 cm³/mol. The van der Waals surface area contributed by atoms with Crippen molar-refractivity contribution in [2.24, 2.45) is 0 Å². The van der Waals surface area contributed by atoms with Crippen LogP contribution in [0.3, 0.4) is 0 Å². The highest BCUT2D eigenvalue weighted by Gasteiger charge is 2.27. The molecule has 0 aliphatic heterocycles. The molecule has 0 atom stereocenters. The van der Waals surface area contributed by atoms with Crippen molar-refractivity contribution < 1.29 is 9.53 Å². The van der Waals surface area contributed by atoms with Gasteiger partial charge < -0.3 is 10.1 Å². The maximum Gasteiger partial charge on any atom is 0.408 e. The van der Waals surface area contributed by atoms with Gasteiger partial charge >= 0.3 is 6.09 Å². The Hall–Kier alpha value is -1.03. The fourth-order valence-corrected chi connectivity index (χ4v) is 2.37. The molecule has 4 heteroatoms. The Balaban J connectivity index is 2.83. The number of carbonyl (C=O) groups is 1. The van der Waals surface area contributed by atoms with Gasteiger partial charge in [-0.3, -0.25) is 0 Å². The van der Waals surface area contributed by atoms with Crippen molar-refractivity contribution >= 4 is 22.0 Å². The first-order chi connectivity index (χ1) is 8.12. The fraction of sp³-hybridized carbons (Fsp3) is 0.500. The zero-order chi connectivity index (χ0) is 14.0. The minimum absolute atomic E-state index is 0.414. The molecule has 1 aromatic rings. The average Bonchev–Trinajstić information content (AvgIpc) is 2.13. The SMILES string of the molecule is CC(C)(C)OC(=O)NC(C)(C)c1ccccc1Br. The molecule has 100 valence electrons. The molecular formula is C14H20BrNO2. The summed E-state index contributed by atoms with van der Waals surface area (Å²) in [5.74, 6) is 0. The van der Waals surface area contributed by atoms with E-state index in [1.54, 1.807) is 0 Å². The number of alkyl carbamates (subject to hydrolysis) is 1. The highest BCUT2D eigenvalue weighted by molar-refractivity contribution is 9.10. The number of rotatable bonds is 2. The second-order valence-corrected chi connectivity index (χ2v) is 6.59. The van der Waals surface area contributed by atoms with E-state index in [4.69, 9.17) is 4.74 Å². The number of amides is 1. The number of benzene rings is 1. The molecule has 0 saturated carbocycles. The summed E-state index contributed by atoms with van der Waals surface area (Å²) in [6.45, 7) is 9.42. The highest BCUT2D eigenvalue weighted by Crippen LogP contribution is 2.28. The quantitative estimate of drug-likeness (QED) is 0.888. The van der Waals surface area contributed by atoms with Crippen LogP contribution >= 0.6 is 15.9 Å². The zero-order valence-corrected chi connectivity index (χ0v) is 13.1. The molecule has 0 aromatic heterocycles. The Morgan fingerprint density at radius 2 is 1.72 bits per heavy atom. The lowest BCUT2D eigenvalue weighted by molar-refractivity contribution is 0.0470. The Bertz CT molecular complexity index is 436. The minimum atomic E-state index is -0.498. The van der Waals surface area contributed by atoms with E-state index in [1.165, 1.54) is 0 Å². The van der Waals surface area contributed by atoms with E-state index in [-0.39, 0.29) is 0 Å². The third-order valence-corrected chi connectivity index (χ3v) is 3.05. The minimum Gasteiger partial charge on any atom is -0.444 e. The molecule has 3 nitrogen and oxygen atoms in total. The largest absolute Gasteiger partial charge is 0.444 e. The molecule has 0 radical (unpaired) electrons. The lowest BCUT2D eigenvalue weighted by Gasteiger charge is -2.29. The molecule has 0 heterocycles. The number of halogens is 1. The van der Waals surface area contributed by atoms with Crippen LogP contribution in [-0.2, 0) is 10.3 Å². The molecule has 0 aliphatic carbocycles. The van der Waals surface area contributed by atoms with Gasteiger partial charge in [0.05, 0.1) is 5.54 Å². The van der Waals surface area contributed by atoms with Crippen LogP contribution in [0.4, 0.5) is 4.79 Å². The highest BCUT2D eigenvalue weighted by atomic mass is 79.9. The fourth-order valence-electron chi connectivity index (χ4n) is 1.59. The third-order valence-electron chi connectivity index (χ3n) is 2.36. The van der Waals surface area contributed by atoms with E-state index in [1.807, 2.05) is 58.9 Å². The molecule has 0 spiro atoms. The summed E-state index contributed by atoms with van der Waals surface area (Å²) >= 11 is 3.49. The van der Waals surface area contributed by atoms with E-state index in [0.717, 1.165) is 10.0 Å². The van der Waals surface area contributed by atoms with E-state index in [0.29, 0.717) is 0 Å². The topological polar surface area (TPSA) is 38.3 Å². The Morgan fingerprint density at radius 1 is 1.17 bits per heavy atom. The van der Waals surface area contributed by atoms with E-state index in [2.05, 4.69) is 21.2 Å². The summed E-state index contributed by atoms with van der Waals surface area (Å²) in [7, 11) is 0. The Morgan fingerprint density at radius 3 is 2.22 bits per heavy atom. The summed E-state index contributed by atoms with van der Waals surface area (Å²) < 4.78 is 6.23. The molecule has 0 bridgehead atoms. The van der Waals surface area contributed by atoms with E-state index >= 15 is 0 Å².